The van der Waals surface area contributed by atoms with Gasteiger partial charge in [0.2, 0.25) is 0 Å². The summed E-state index contributed by atoms with van der Waals surface area (Å²) in [5.41, 5.74) is -0.510. The molecule has 0 radical (unpaired) electrons. The van der Waals surface area contributed by atoms with E-state index in [0.717, 1.165) is 25.4 Å². The lowest BCUT2D eigenvalue weighted by atomic mass is 10.0. The summed E-state index contributed by atoms with van der Waals surface area (Å²) < 4.78 is 0. The van der Waals surface area contributed by atoms with Gasteiger partial charge in [-0.3, -0.25) is 0 Å². The molecule has 1 unspecified atom stereocenters. The minimum Gasteiger partial charge on any atom is -0.389 e. The highest BCUT2D eigenvalue weighted by atomic mass is 16.3. The van der Waals surface area contributed by atoms with Gasteiger partial charge < -0.3 is 10.4 Å². The summed E-state index contributed by atoms with van der Waals surface area (Å²) in [6.07, 6.45) is 4.96. The van der Waals surface area contributed by atoms with Gasteiger partial charge in [0.05, 0.1) is 5.60 Å². The standard InChI is InChI=1S/C10H21NO/c1-3-10(2,12)8-11-7-6-9-4-5-9/h9,11-12H,3-8H2,1-2H3. The van der Waals surface area contributed by atoms with Crippen LogP contribution in [-0.4, -0.2) is 23.8 Å². The van der Waals surface area contributed by atoms with Crippen molar-refractivity contribution >= 4 is 0 Å². The fourth-order valence-corrected chi connectivity index (χ4v) is 1.20. The van der Waals surface area contributed by atoms with Crippen molar-refractivity contribution in [2.75, 3.05) is 13.1 Å². The Morgan fingerprint density at radius 3 is 2.67 bits per heavy atom. The lowest BCUT2D eigenvalue weighted by Gasteiger charge is -2.21. The normalized spacial score (nSPS) is 22.2. The molecular formula is C10H21NO. The highest BCUT2D eigenvalue weighted by Crippen LogP contribution is 2.31. The largest absolute Gasteiger partial charge is 0.389 e. The van der Waals surface area contributed by atoms with Crippen molar-refractivity contribution in [2.24, 2.45) is 5.92 Å². The van der Waals surface area contributed by atoms with Crippen LogP contribution in [0.1, 0.15) is 39.5 Å². The van der Waals surface area contributed by atoms with E-state index < -0.39 is 5.60 Å². The van der Waals surface area contributed by atoms with E-state index in [1.165, 1.54) is 19.3 Å². The molecule has 1 saturated carbocycles. The fraction of sp³-hybridized carbons (Fsp3) is 1.00. The van der Waals surface area contributed by atoms with E-state index in [0.29, 0.717) is 0 Å². The molecule has 0 aromatic heterocycles. The molecule has 0 spiro atoms. The molecule has 72 valence electrons. The lowest BCUT2D eigenvalue weighted by molar-refractivity contribution is 0.0559. The smallest absolute Gasteiger partial charge is 0.0740 e. The molecule has 2 heteroatoms. The van der Waals surface area contributed by atoms with Crippen LogP contribution in [0.2, 0.25) is 0 Å². The zero-order valence-electron chi connectivity index (χ0n) is 8.27. The predicted molar refractivity (Wildman–Crippen MR) is 51.1 cm³/mol. The van der Waals surface area contributed by atoms with Crippen molar-refractivity contribution in [3.05, 3.63) is 0 Å². The van der Waals surface area contributed by atoms with Gasteiger partial charge in [0.1, 0.15) is 0 Å². The maximum absolute atomic E-state index is 9.64. The maximum Gasteiger partial charge on any atom is 0.0740 e. The second-order valence-corrected chi connectivity index (χ2v) is 4.26. The third-order valence-electron chi connectivity index (χ3n) is 2.69. The monoisotopic (exact) mass is 171 g/mol. The topological polar surface area (TPSA) is 32.3 Å². The summed E-state index contributed by atoms with van der Waals surface area (Å²) in [7, 11) is 0. The van der Waals surface area contributed by atoms with Crippen molar-refractivity contribution in [1.29, 1.82) is 0 Å². The van der Waals surface area contributed by atoms with Crippen LogP contribution < -0.4 is 5.32 Å². The SMILES string of the molecule is CCC(C)(O)CNCCC1CC1. The van der Waals surface area contributed by atoms with Crippen molar-refractivity contribution in [2.45, 2.75) is 45.1 Å². The molecule has 1 aliphatic carbocycles. The average molecular weight is 171 g/mol. The van der Waals surface area contributed by atoms with Crippen LogP contribution in [0.5, 0.6) is 0 Å². The molecule has 0 saturated heterocycles. The molecule has 2 nitrogen and oxygen atoms in total. The Hall–Kier alpha value is -0.0800. The predicted octanol–water partition coefficient (Wildman–Crippen LogP) is 1.54. The van der Waals surface area contributed by atoms with E-state index in [1.807, 2.05) is 13.8 Å². The minimum atomic E-state index is -0.510. The summed E-state index contributed by atoms with van der Waals surface area (Å²) >= 11 is 0. The number of aliphatic hydroxyl groups is 1. The van der Waals surface area contributed by atoms with Crippen molar-refractivity contribution in [3.8, 4) is 0 Å². The Kier molecular flexibility index (Phi) is 3.53. The van der Waals surface area contributed by atoms with Crippen molar-refractivity contribution < 1.29 is 5.11 Å². The second-order valence-electron chi connectivity index (χ2n) is 4.26. The van der Waals surface area contributed by atoms with Crippen LogP contribution in [-0.2, 0) is 0 Å². The van der Waals surface area contributed by atoms with Gasteiger partial charge in [-0.15, -0.1) is 0 Å². The first kappa shape index (κ1) is 10.0. The average Bonchev–Trinajstić information content (AvgIpc) is 2.82. The maximum atomic E-state index is 9.64. The van der Waals surface area contributed by atoms with Crippen LogP contribution in [0, 0.1) is 5.92 Å². The molecular weight excluding hydrogens is 150 g/mol. The molecule has 1 aliphatic rings. The van der Waals surface area contributed by atoms with Gasteiger partial charge in [0.25, 0.3) is 0 Å². The third-order valence-corrected chi connectivity index (χ3v) is 2.69. The first-order valence-electron chi connectivity index (χ1n) is 5.07. The number of hydrogen-bond acceptors (Lipinski definition) is 2. The number of rotatable bonds is 6. The minimum absolute atomic E-state index is 0.510. The van der Waals surface area contributed by atoms with Crippen LogP contribution in [0.25, 0.3) is 0 Å². The summed E-state index contributed by atoms with van der Waals surface area (Å²) in [5.74, 6) is 0.990. The van der Waals surface area contributed by atoms with Gasteiger partial charge in [-0.25, -0.2) is 0 Å². The Morgan fingerprint density at radius 1 is 1.50 bits per heavy atom. The van der Waals surface area contributed by atoms with Crippen LogP contribution >= 0.6 is 0 Å². The molecule has 12 heavy (non-hydrogen) atoms. The molecule has 0 bridgehead atoms. The zero-order chi connectivity index (χ0) is 9.03. The van der Waals surface area contributed by atoms with Gasteiger partial charge in [0, 0.05) is 6.54 Å². The van der Waals surface area contributed by atoms with E-state index in [-0.39, 0.29) is 0 Å². The van der Waals surface area contributed by atoms with Gasteiger partial charge in [-0.05, 0) is 32.2 Å². The molecule has 0 aromatic carbocycles. The summed E-state index contributed by atoms with van der Waals surface area (Å²) in [4.78, 5) is 0. The van der Waals surface area contributed by atoms with Crippen LogP contribution in [0.15, 0.2) is 0 Å². The van der Waals surface area contributed by atoms with Gasteiger partial charge in [-0.1, -0.05) is 19.8 Å². The second kappa shape index (κ2) is 4.24. The Morgan fingerprint density at radius 2 is 2.17 bits per heavy atom. The molecule has 0 amide bonds. The molecule has 0 heterocycles. The molecule has 0 aromatic rings. The Labute approximate surface area is 75.4 Å². The summed E-state index contributed by atoms with van der Waals surface area (Å²) in [6, 6.07) is 0. The molecule has 2 N–H and O–H groups in total. The third kappa shape index (κ3) is 4.07. The zero-order valence-corrected chi connectivity index (χ0v) is 8.27. The first-order chi connectivity index (χ1) is 5.64. The van der Waals surface area contributed by atoms with Gasteiger partial charge in [-0.2, -0.15) is 0 Å². The van der Waals surface area contributed by atoms with Crippen LogP contribution in [0.4, 0.5) is 0 Å². The quantitative estimate of drug-likeness (QED) is 0.594. The van der Waals surface area contributed by atoms with Crippen molar-refractivity contribution in [3.63, 3.8) is 0 Å². The molecule has 1 atom stereocenters. The first-order valence-corrected chi connectivity index (χ1v) is 5.07. The van der Waals surface area contributed by atoms with E-state index in [4.69, 9.17) is 0 Å². The van der Waals surface area contributed by atoms with E-state index in [1.54, 1.807) is 0 Å². The number of nitrogens with one attached hydrogen (secondary N) is 1. The van der Waals surface area contributed by atoms with E-state index >= 15 is 0 Å². The molecule has 0 aliphatic heterocycles. The van der Waals surface area contributed by atoms with Crippen molar-refractivity contribution in [1.82, 2.24) is 5.32 Å². The van der Waals surface area contributed by atoms with Gasteiger partial charge >= 0.3 is 0 Å². The Balaban J connectivity index is 1.92. The van der Waals surface area contributed by atoms with Gasteiger partial charge in [0.15, 0.2) is 0 Å². The molecule has 1 rings (SSSR count). The lowest BCUT2D eigenvalue weighted by Crippen LogP contribution is -2.37. The van der Waals surface area contributed by atoms with E-state index in [9.17, 15) is 5.11 Å². The summed E-state index contributed by atoms with van der Waals surface area (Å²) in [6.45, 7) is 5.71. The molecule has 1 fully saturated rings. The highest BCUT2D eigenvalue weighted by molar-refractivity contribution is 4.76. The number of hydrogen-bond donors (Lipinski definition) is 2. The highest BCUT2D eigenvalue weighted by Gasteiger charge is 2.21. The Bertz CT molecular complexity index is 130. The van der Waals surface area contributed by atoms with Crippen LogP contribution in [0.3, 0.4) is 0 Å². The van der Waals surface area contributed by atoms with E-state index in [2.05, 4.69) is 5.32 Å². The fourth-order valence-electron chi connectivity index (χ4n) is 1.20. The summed E-state index contributed by atoms with van der Waals surface area (Å²) in [5, 5.41) is 12.9.